The van der Waals surface area contributed by atoms with E-state index < -0.39 is 90.9 Å². The summed E-state index contributed by atoms with van der Waals surface area (Å²) in [6, 6.07) is -1.47. The zero-order chi connectivity index (χ0) is 22.8. The summed E-state index contributed by atoms with van der Waals surface area (Å²) in [4.78, 5) is 11.5. The van der Waals surface area contributed by atoms with Crippen molar-refractivity contribution in [3.05, 3.63) is 0 Å². The summed E-state index contributed by atoms with van der Waals surface area (Å²) in [5.41, 5.74) is 0. The second kappa shape index (κ2) is 10.1. The molecule has 0 saturated carbocycles. The molecule has 10 atom stereocenters. The molecule has 16 heteroatoms. The molecule has 0 aliphatic carbocycles. The van der Waals surface area contributed by atoms with Crippen LogP contribution in [0, 0.1) is 0 Å². The summed E-state index contributed by atoms with van der Waals surface area (Å²) in [6.45, 7) is -0.629. The second-order valence-corrected chi connectivity index (χ2v) is 7.88. The predicted molar refractivity (Wildman–Crippen MR) is 90.6 cm³/mol. The highest BCUT2D eigenvalue weighted by atomic mass is 32.3. The molecule has 15 nitrogen and oxygen atoms in total. The highest BCUT2D eigenvalue weighted by Crippen LogP contribution is 2.29. The maximum Gasteiger partial charge on any atom is 0.397 e. The Morgan fingerprint density at radius 2 is 1.63 bits per heavy atom. The number of hydrogen-bond donors (Lipinski definition) is 8. The smallest absolute Gasteiger partial charge is 0.394 e. The van der Waals surface area contributed by atoms with Crippen molar-refractivity contribution in [2.75, 3.05) is 13.2 Å². The molecular weight excluding hydrogens is 438 g/mol. The molecular formula is C14H25NO14S. The first kappa shape index (κ1) is 25.2. The van der Waals surface area contributed by atoms with E-state index in [2.05, 4.69) is 9.50 Å². The van der Waals surface area contributed by atoms with Crippen LogP contribution in [0.1, 0.15) is 6.92 Å². The van der Waals surface area contributed by atoms with E-state index in [0.717, 1.165) is 6.92 Å². The van der Waals surface area contributed by atoms with Gasteiger partial charge in [-0.3, -0.25) is 9.35 Å². The zero-order valence-electron chi connectivity index (χ0n) is 15.6. The van der Waals surface area contributed by atoms with Crippen LogP contribution in [0.15, 0.2) is 0 Å². The first-order valence-corrected chi connectivity index (χ1v) is 10.1. The number of amides is 1. The lowest BCUT2D eigenvalue weighted by molar-refractivity contribution is -0.341. The maximum atomic E-state index is 11.5. The number of carbonyl (C=O) groups is 1. The third kappa shape index (κ3) is 6.02. The van der Waals surface area contributed by atoms with Crippen molar-refractivity contribution in [2.45, 2.75) is 68.3 Å². The number of aliphatic hydroxyl groups is 6. The van der Waals surface area contributed by atoms with Gasteiger partial charge in [-0.05, 0) is 0 Å². The van der Waals surface area contributed by atoms with Crippen LogP contribution in [-0.2, 0) is 33.6 Å². The summed E-state index contributed by atoms with van der Waals surface area (Å²) in [5.74, 6) is -0.683. The molecule has 1 amide bonds. The quantitative estimate of drug-likeness (QED) is 0.164. The van der Waals surface area contributed by atoms with Gasteiger partial charge in [0.1, 0.15) is 48.8 Å². The first-order valence-electron chi connectivity index (χ1n) is 8.72. The van der Waals surface area contributed by atoms with Crippen molar-refractivity contribution in [1.82, 2.24) is 5.32 Å². The minimum atomic E-state index is -4.92. The molecule has 2 rings (SSSR count). The van der Waals surface area contributed by atoms with Crippen molar-refractivity contribution in [1.29, 1.82) is 0 Å². The van der Waals surface area contributed by atoms with E-state index in [1.165, 1.54) is 0 Å². The van der Waals surface area contributed by atoms with E-state index in [9.17, 15) is 43.9 Å². The normalized spacial score (nSPS) is 42.7. The molecule has 2 fully saturated rings. The lowest BCUT2D eigenvalue weighted by atomic mass is 9.95. The molecule has 2 aliphatic heterocycles. The minimum Gasteiger partial charge on any atom is -0.394 e. The number of rotatable bonds is 7. The molecule has 30 heavy (non-hydrogen) atoms. The van der Waals surface area contributed by atoms with Gasteiger partial charge in [0.2, 0.25) is 5.91 Å². The van der Waals surface area contributed by atoms with E-state index in [0.29, 0.717) is 0 Å². The molecule has 2 heterocycles. The Labute approximate surface area is 170 Å². The molecule has 0 aromatic carbocycles. The fraction of sp³-hybridized carbons (Fsp3) is 0.929. The van der Waals surface area contributed by atoms with Crippen LogP contribution in [0.5, 0.6) is 0 Å². The maximum absolute atomic E-state index is 11.5. The number of aliphatic hydroxyl groups excluding tert-OH is 6. The van der Waals surface area contributed by atoms with Crippen LogP contribution in [0.25, 0.3) is 0 Å². The molecule has 0 unspecified atom stereocenters. The molecule has 2 aliphatic rings. The van der Waals surface area contributed by atoms with Gasteiger partial charge in [0.15, 0.2) is 12.6 Å². The molecule has 0 aromatic heterocycles. The van der Waals surface area contributed by atoms with Crippen LogP contribution < -0.4 is 5.32 Å². The lowest BCUT2D eigenvalue weighted by Crippen LogP contribution is -2.67. The van der Waals surface area contributed by atoms with Gasteiger partial charge in [0.25, 0.3) is 0 Å². The number of carbonyl (C=O) groups excluding carboxylic acids is 1. The Bertz CT molecular complexity index is 690. The van der Waals surface area contributed by atoms with Gasteiger partial charge in [-0.25, -0.2) is 4.18 Å². The van der Waals surface area contributed by atoms with Gasteiger partial charge in [-0.2, -0.15) is 8.42 Å². The van der Waals surface area contributed by atoms with Crippen LogP contribution in [0.3, 0.4) is 0 Å². The Balaban J connectivity index is 2.25. The van der Waals surface area contributed by atoms with E-state index in [-0.39, 0.29) is 0 Å². The van der Waals surface area contributed by atoms with Crippen LogP contribution in [0.4, 0.5) is 0 Å². The average Bonchev–Trinajstić information content (AvgIpc) is 2.65. The molecule has 0 bridgehead atoms. The van der Waals surface area contributed by atoms with Gasteiger partial charge in [-0.15, -0.1) is 0 Å². The lowest BCUT2D eigenvalue weighted by Gasteiger charge is -2.46. The molecule has 2 saturated heterocycles. The highest BCUT2D eigenvalue weighted by Gasteiger charge is 2.51. The van der Waals surface area contributed by atoms with Crippen molar-refractivity contribution in [3.63, 3.8) is 0 Å². The topological polar surface area (TPSA) is 242 Å². The molecule has 0 radical (unpaired) electrons. The Morgan fingerprint density at radius 3 is 2.17 bits per heavy atom. The van der Waals surface area contributed by atoms with E-state index in [1.54, 1.807) is 0 Å². The van der Waals surface area contributed by atoms with Gasteiger partial charge < -0.3 is 50.2 Å². The van der Waals surface area contributed by atoms with Crippen LogP contribution in [0.2, 0.25) is 0 Å². The SMILES string of the molecule is CC(=O)N[C@H]1[C@@H](O[C@@H]2[C@@H](O)[C@H](O)O[C@H](CO)[C@@H]2O)O[C@H](COS(=O)(=O)O)[C@@H](O)[C@@H]1O. The third-order valence-corrected chi connectivity index (χ3v) is 5.02. The summed E-state index contributed by atoms with van der Waals surface area (Å²) in [6.07, 6.45) is -15.3. The van der Waals surface area contributed by atoms with Gasteiger partial charge in [-0.1, -0.05) is 0 Å². The Morgan fingerprint density at radius 1 is 1.00 bits per heavy atom. The fourth-order valence-corrected chi connectivity index (χ4v) is 3.42. The van der Waals surface area contributed by atoms with Crippen molar-refractivity contribution in [3.8, 4) is 0 Å². The summed E-state index contributed by atoms with van der Waals surface area (Å²) in [5, 5.41) is 62.0. The van der Waals surface area contributed by atoms with Crippen molar-refractivity contribution < 1.29 is 66.8 Å². The molecule has 0 aromatic rings. The standard InChI is InChI=1S/C14H25NO14S/c1-4(17)15-7-10(20)8(18)6(3-26-30(23,24)25)28-14(7)29-12-9(19)5(2-16)27-13(22)11(12)21/h5-14,16,18-22H,2-3H2,1H3,(H,15,17)(H,23,24,25)/t5-,6-,7-,8-,9+,10-,11-,12+,13-,14-/m1/s1. The minimum absolute atomic E-state index is 0.683. The number of ether oxygens (including phenoxy) is 3. The van der Waals surface area contributed by atoms with E-state index in [4.69, 9.17) is 18.8 Å². The first-order chi connectivity index (χ1) is 13.9. The fourth-order valence-electron chi connectivity index (χ4n) is 3.11. The van der Waals surface area contributed by atoms with Crippen molar-refractivity contribution >= 4 is 16.3 Å². The van der Waals surface area contributed by atoms with E-state index >= 15 is 0 Å². The summed E-state index contributed by atoms with van der Waals surface area (Å²) < 4.78 is 49.9. The summed E-state index contributed by atoms with van der Waals surface area (Å²) >= 11 is 0. The highest BCUT2D eigenvalue weighted by molar-refractivity contribution is 7.80. The molecule has 0 spiro atoms. The Hall–Kier alpha value is -1.02. The van der Waals surface area contributed by atoms with Gasteiger partial charge in [0, 0.05) is 6.92 Å². The van der Waals surface area contributed by atoms with Crippen molar-refractivity contribution in [2.24, 2.45) is 0 Å². The third-order valence-electron chi connectivity index (χ3n) is 4.58. The average molecular weight is 463 g/mol. The van der Waals surface area contributed by atoms with Gasteiger partial charge in [0.05, 0.1) is 13.2 Å². The second-order valence-electron chi connectivity index (χ2n) is 6.79. The summed E-state index contributed by atoms with van der Waals surface area (Å²) in [7, 11) is -4.92. The number of hydrogen-bond acceptors (Lipinski definition) is 13. The molecule has 176 valence electrons. The zero-order valence-corrected chi connectivity index (χ0v) is 16.4. The predicted octanol–water partition coefficient (Wildman–Crippen LogP) is -5.43. The number of nitrogens with one attached hydrogen (secondary N) is 1. The monoisotopic (exact) mass is 463 g/mol. The van der Waals surface area contributed by atoms with Gasteiger partial charge >= 0.3 is 10.4 Å². The Kier molecular flexibility index (Phi) is 8.47. The largest absolute Gasteiger partial charge is 0.397 e. The van der Waals surface area contributed by atoms with E-state index in [1.807, 2.05) is 0 Å². The molecule has 8 N–H and O–H groups in total. The van der Waals surface area contributed by atoms with Crippen LogP contribution >= 0.6 is 0 Å². The van der Waals surface area contributed by atoms with Crippen LogP contribution in [-0.4, -0.2) is 124 Å².